The average Bonchev–Trinajstić information content (AvgIpc) is 3.14. The molecule has 1 amide bonds. The number of carbonyl (C=O) groups excluding carboxylic acids is 1. The standard InChI is InChI=1S/C18H17N3O4/c1-23-14-9-5-6-10-15(14)24-12-16(22)19-11-17-20-21-18(25-17)13-7-3-2-4-8-13/h2-10H,11-12H2,1H3,(H,19,22). The molecule has 0 radical (unpaired) electrons. The van der Waals surface area contributed by atoms with Gasteiger partial charge in [0.2, 0.25) is 11.8 Å². The summed E-state index contributed by atoms with van der Waals surface area (Å²) in [6.07, 6.45) is 0. The molecule has 1 heterocycles. The monoisotopic (exact) mass is 339 g/mol. The summed E-state index contributed by atoms with van der Waals surface area (Å²) in [5.74, 6) is 1.51. The second kappa shape index (κ2) is 7.96. The summed E-state index contributed by atoms with van der Waals surface area (Å²) in [5.41, 5.74) is 0.826. The SMILES string of the molecule is COc1ccccc1OCC(=O)NCc1nnc(-c2ccccc2)o1. The molecule has 7 nitrogen and oxygen atoms in total. The molecule has 0 atom stereocenters. The van der Waals surface area contributed by atoms with Gasteiger partial charge in [0.15, 0.2) is 18.1 Å². The van der Waals surface area contributed by atoms with Crippen LogP contribution in [0.15, 0.2) is 59.0 Å². The first kappa shape index (κ1) is 16.5. The Bertz CT molecular complexity index is 833. The number of hydrogen-bond donors (Lipinski definition) is 1. The second-order valence-electron chi connectivity index (χ2n) is 5.08. The van der Waals surface area contributed by atoms with Crippen molar-refractivity contribution in [2.24, 2.45) is 0 Å². The first-order valence-electron chi connectivity index (χ1n) is 7.66. The van der Waals surface area contributed by atoms with Crippen molar-refractivity contribution >= 4 is 5.91 Å². The lowest BCUT2D eigenvalue weighted by Crippen LogP contribution is -2.28. The Hall–Kier alpha value is -3.35. The highest BCUT2D eigenvalue weighted by Crippen LogP contribution is 2.25. The lowest BCUT2D eigenvalue weighted by molar-refractivity contribution is -0.123. The Morgan fingerprint density at radius 1 is 1.04 bits per heavy atom. The molecule has 3 rings (SSSR count). The zero-order chi connectivity index (χ0) is 17.5. The minimum Gasteiger partial charge on any atom is -0.493 e. The van der Waals surface area contributed by atoms with Crippen molar-refractivity contribution in [1.29, 1.82) is 0 Å². The van der Waals surface area contributed by atoms with E-state index in [0.717, 1.165) is 5.56 Å². The van der Waals surface area contributed by atoms with Gasteiger partial charge in [0, 0.05) is 5.56 Å². The van der Waals surface area contributed by atoms with Crippen LogP contribution >= 0.6 is 0 Å². The van der Waals surface area contributed by atoms with E-state index in [-0.39, 0.29) is 19.1 Å². The van der Waals surface area contributed by atoms with Crippen molar-refractivity contribution in [1.82, 2.24) is 15.5 Å². The van der Waals surface area contributed by atoms with Gasteiger partial charge in [-0.3, -0.25) is 4.79 Å². The molecule has 128 valence electrons. The van der Waals surface area contributed by atoms with Crippen LogP contribution in [0, 0.1) is 0 Å². The molecule has 1 aromatic heterocycles. The van der Waals surface area contributed by atoms with Gasteiger partial charge in [-0.25, -0.2) is 0 Å². The fourth-order valence-corrected chi connectivity index (χ4v) is 2.13. The minimum atomic E-state index is -0.301. The van der Waals surface area contributed by atoms with Gasteiger partial charge in [0.05, 0.1) is 13.7 Å². The molecule has 7 heteroatoms. The summed E-state index contributed by atoms with van der Waals surface area (Å²) in [6.45, 7) is -0.00595. The number of para-hydroxylation sites is 2. The molecule has 0 aliphatic heterocycles. The smallest absolute Gasteiger partial charge is 0.258 e. The second-order valence-corrected chi connectivity index (χ2v) is 5.08. The summed E-state index contributed by atoms with van der Waals surface area (Å²) in [6, 6.07) is 16.5. The predicted molar refractivity (Wildman–Crippen MR) is 90.1 cm³/mol. The highest BCUT2D eigenvalue weighted by Gasteiger charge is 2.10. The van der Waals surface area contributed by atoms with Crippen molar-refractivity contribution in [3.05, 3.63) is 60.5 Å². The van der Waals surface area contributed by atoms with E-state index in [1.165, 1.54) is 0 Å². The van der Waals surface area contributed by atoms with Crippen LogP contribution in [0.2, 0.25) is 0 Å². The molecule has 0 bridgehead atoms. The number of hydrogen-bond acceptors (Lipinski definition) is 6. The van der Waals surface area contributed by atoms with E-state index in [4.69, 9.17) is 13.9 Å². The summed E-state index contributed by atoms with van der Waals surface area (Å²) < 4.78 is 16.1. The van der Waals surface area contributed by atoms with Crippen LogP contribution in [0.3, 0.4) is 0 Å². The van der Waals surface area contributed by atoms with Crippen molar-refractivity contribution < 1.29 is 18.7 Å². The summed E-state index contributed by atoms with van der Waals surface area (Å²) >= 11 is 0. The number of carbonyl (C=O) groups is 1. The summed E-state index contributed by atoms with van der Waals surface area (Å²) in [7, 11) is 1.54. The van der Waals surface area contributed by atoms with Gasteiger partial charge in [0.1, 0.15) is 0 Å². The molecule has 25 heavy (non-hydrogen) atoms. The molecule has 0 aliphatic carbocycles. The van der Waals surface area contributed by atoms with Crippen LogP contribution in [-0.4, -0.2) is 29.8 Å². The first-order valence-corrected chi connectivity index (χ1v) is 7.66. The van der Waals surface area contributed by atoms with Crippen molar-refractivity contribution in [2.75, 3.05) is 13.7 Å². The third-order valence-corrected chi connectivity index (χ3v) is 3.35. The first-order chi connectivity index (χ1) is 12.3. The highest BCUT2D eigenvalue weighted by molar-refractivity contribution is 5.77. The molecule has 0 saturated carbocycles. The van der Waals surface area contributed by atoms with Crippen molar-refractivity contribution in [3.63, 3.8) is 0 Å². The molecule has 0 spiro atoms. The predicted octanol–water partition coefficient (Wildman–Crippen LogP) is 2.44. The summed E-state index contributed by atoms with van der Waals surface area (Å²) in [5, 5.41) is 10.6. The van der Waals surface area contributed by atoms with Crippen LogP contribution in [-0.2, 0) is 11.3 Å². The van der Waals surface area contributed by atoms with Crippen LogP contribution in [0.4, 0.5) is 0 Å². The third-order valence-electron chi connectivity index (χ3n) is 3.35. The van der Waals surface area contributed by atoms with Gasteiger partial charge >= 0.3 is 0 Å². The lowest BCUT2D eigenvalue weighted by atomic mass is 10.2. The molecule has 0 unspecified atom stereocenters. The number of amides is 1. The number of benzene rings is 2. The Morgan fingerprint density at radius 3 is 2.52 bits per heavy atom. The van der Waals surface area contributed by atoms with Crippen LogP contribution in [0.1, 0.15) is 5.89 Å². The van der Waals surface area contributed by atoms with Crippen molar-refractivity contribution in [3.8, 4) is 23.0 Å². The fourth-order valence-electron chi connectivity index (χ4n) is 2.13. The maximum absolute atomic E-state index is 11.9. The zero-order valence-electron chi connectivity index (χ0n) is 13.6. The number of nitrogens with zero attached hydrogens (tertiary/aromatic N) is 2. The minimum absolute atomic E-state index is 0.133. The van der Waals surface area contributed by atoms with E-state index in [9.17, 15) is 4.79 Å². The Kier molecular flexibility index (Phi) is 5.26. The van der Waals surface area contributed by atoms with E-state index < -0.39 is 0 Å². The maximum atomic E-state index is 11.9. The Balaban J connectivity index is 1.50. The van der Waals surface area contributed by atoms with Crippen LogP contribution < -0.4 is 14.8 Å². The average molecular weight is 339 g/mol. The fraction of sp³-hybridized carbons (Fsp3) is 0.167. The largest absolute Gasteiger partial charge is 0.493 e. The van der Waals surface area contributed by atoms with Gasteiger partial charge < -0.3 is 19.2 Å². The Labute approximate surface area is 144 Å². The molecule has 1 N–H and O–H groups in total. The molecule has 0 aliphatic rings. The number of ether oxygens (including phenoxy) is 2. The van der Waals surface area contributed by atoms with E-state index in [0.29, 0.717) is 23.3 Å². The highest BCUT2D eigenvalue weighted by atomic mass is 16.5. The molecular weight excluding hydrogens is 322 g/mol. The van der Waals surface area contributed by atoms with E-state index in [1.807, 2.05) is 36.4 Å². The summed E-state index contributed by atoms with van der Waals surface area (Å²) in [4.78, 5) is 11.9. The van der Waals surface area contributed by atoms with E-state index in [1.54, 1.807) is 25.3 Å². The number of rotatable bonds is 7. The number of nitrogens with one attached hydrogen (secondary N) is 1. The van der Waals surface area contributed by atoms with Gasteiger partial charge in [-0.15, -0.1) is 10.2 Å². The Morgan fingerprint density at radius 2 is 1.76 bits per heavy atom. The maximum Gasteiger partial charge on any atom is 0.258 e. The van der Waals surface area contributed by atoms with Gasteiger partial charge in [-0.1, -0.05) is 30.3 Å². The molecular formula is C18H17N3O4. The van der Waals surface area contributed by atoms with Gasteiger partial charge in [-0.05, 0) is 24.3 Å². The molecule has 3 aromatic rings. The van der Waals surface area contributed by atoms with Gasteiger partial charge in [0.25, 0.3) is 5.91 Å². The normalized spacial score (nSPS) is 10.3. The van der Waals surface area contributed by atoms with Crippen LogP contribution in [0.5, 0.6) is 11.5 Å². The van der Waals surface area contributed by atoms with Gasteiger partial charge in [-0.2, -0.15) is 0 Å². The number of aromatic nitrogens is 2. The number of methoxy groups -OCH3 is 1. The van der Waals surface area contributed by atoms with E-state index in [2.05, 4.69) is 15.5 Å². The molecule has 0 fully saturated rings. The lowest BCUT2D eigenvalue weighted by Gasteiger charge is -2.09. The van der Waals surface area contributed by atoms with Crippen LogP contribution in [0.25, 0.3) is 11.5 Å². The molecule has 0 saturated heterocycles. The third kappa shape index (κ3) is 4.35. The zero-order valence-corrected chi connectivity index (χ0v) is 13.6. The van der Waals surface area contributed by atoms with Crippen molar-refractivity contribution in [2.45, 2.75) is 6.54 Å². The quantitative estimate of drug-likeness (QED) is 0.711. The molecule has 2 aromatic carbocycles. The van der Waals surface area contributed by atoms with E-state index >= 15 is 0 Å². The topological polar surface area (TPSA) is 86.5 Å².